The Kier molecular flexibility index (Phi) is 16.9. The molecule has 0 aliphatic carbocycles. The van der Waals surface area contributed by atoms with Crippen molar-refractivity contribution < 1.29 is 50.9 Å². The minimum Gasteiger partial charge on any atom is -0.497 e. The molecule has 4 rings (SSSR count). The first-order valence-electron chi connectivity index (χ1n) is 18.6. The van der Waals surface area contributed by atoms with Crippen molar-refractivity contribution in [1.82, 2.24) is 9.62 Å². The number of nitrogens with one attached hydrogen (secondary N) is 2. The molecule has 1 amide bonds. The molecule has 2 aliphatic heterocycles. The predicted molar refractivity (Wildman–Crippen MR) is 202 cm³/mol. The number of anilines is 1. The van der Waals surface area contributed by atoms with Gasteiger partial charge < -0.3 is 43.7 Å². The number of fused-ring (bicyclic) bond motifs is 1. The van der Waals surface area contributed by atoms with E-state index in [1.54, 1.807) is 24.3 Å². The number of alkyl carbamates (subject to hydrolysis) is 1. The fourth-order valence-electron chi connectivity index (χ4n) is 6.07. The summed E-state index contributed by atoms with van der Waals surface area (Å²) in [6, 6.07) is 12.3. The van der Waals surface area contributed by atoms with Gasteiger partial charge in [0.15, 0.2) is 6.29 Å². The van der Waals surface area contributed by atoms with E-state index in [1.165, 1.54) is 23.5 Å². The molecule has 0 bridgehead atoms. The number of hydrogen-bond acceptors (Lipinski definition) is 12. The Bertz CT molecular complexity index is 1550. The summed E-state index contributed by atoms with van der Waals surface area (Å²) in [6.07, 6.45) is 1.20. The number of aliphatic hydroxyl groups is 1. The smallest absolute Gasteiger partial charge is 0.407 e. The predicted octanol–water partition coefficient (Wildman–Crippen LogP) is 6.00. The quantitative estimate of drug-likeness (QED) is 0.0889. The van der Waals surface area contributed by atoms with E-state index < -0.39 is 48.3 Å². The summed E-state index contributed by atoms with van der Waals surface area (Å²) in [6.45, 7) is 9.15. The summed E-state index contributed by atoms with van der Waals surface area (Å²) in [5.41, 5.74) is 1.43. The number of amides is 1. The third-order valence-electron chi connectivity index (χ3n) is 9.10. The molecular formula is C37H58N3O11PS. The molecule has 2 fully saturated rings. The Balaban J connectivity index is 1.48. The number of sulfonamides is 1. The van der Waals surface area contributed by atoms with Gasteiger partial charge in [-0.3, -0.25) is 4.57 Å². The molecule has 2 aromatic carbocycles. The summed E-state index contributed by atoms with van der Waals surface area (Å²) in [5.74, 6) is 0.372. The van der Waals surface area contributed by atoms with Crippen molar-refractivity contribution in [1.29, 1.82) is 0 Å². The number of benzene rings is 2. The molecule has 53 heavy (non-hydrogen) atoms. The van der Waals surface area contributed by atoms with Crippen molar-refractivity contribution in [2.24, 2.45) is 11.8 Å². The zero-order chi connectivity index (χ0) is 38.4. The summed E-state index contributed by atoms with van der Waals surface area (Å²) >= 11 is 0. The number of rotatable bonds is 23. The van der Waals surface area contributed by atoms with Crippen molar-refractivity contribution >= 4 is 29.4 Å². The molecule has 2 saturated heterocycles. The summed E-state index contributed by atoms with van der Waals surface area (Å²) in [4.78, 5) is 13.3. The SMILES string of the molecule is CCCCOP(=O)(Cc1ccc(NC[C@H](NC(=O)O[C@H]2CO[C@H]3OCC[C@H]32)[C@H](O)CN(CC(C)C)S(=O)(=O)c2ccc(OC)cc2)cc1)OCCCC. The molecule has 2 aromatic rings. The van der Waals surface area contributed by atoms with E-state index in [4.69, 9.17) is 28.0 Å². The van der Waals surface area contributed by atoms with Gasteiger partial charge in [0.05, 0.1) is 62.7 Å². The van der Waals surface area contributed by atoms with Crippen LogP contribution in [0.2, 0.25) is 0 Å². The van der Waals surface area contributed by atoms with E-state index in [1.807, 2.05) is 39.8 Å². The fraction of sp³-hybridized carbons (Fsp3) is 0.649. The molecule has 2 heterocycles. The zero-order valence-electron chi connectivity index (χ0n) is 31.6. The van der Waals surface area contributed by atoms with Crippen molar-refractivity contribution in [3.63, 3.8) is 0 Å². The highest BCUT2D eigenvalue weighted by Gasteiger charge is 2.44. The van der Waals surface area contributed by atoms with Crippen LogP contribution in [0.15, 0.2) is 53.4 Å². The number of carbonyl (C=O) groups is 1. The lowest BCUT2D eigenvalue weighted by Gasteiger charge is -2.31. The van der Waals surface area contributed by atoms with Crippen LogP contribution in [0.4, 0.5) is 10.5 Å². The van der Waals surface area contributed by atoms with E-state index in [0.717, 1.165) is 31.2 Å². The Morgan fingerprint density at radius 1 is 1.00 bits per heavy atom. The van der Waals surface area contributed by atoms with Crippen LogP contribution in [0.25, 0.3) is 0 Å². The molecule has 0 spiro atoms. The number of carbonyl (C=O) groups excluding carboxylic acids is 1. The number of ether oxygens (including phenoxy) is 4. The number of methoxy groups -OCH3 is 1. The van der Waals surface area contributed by atoms with Gasteiger partial charge in [-0.15, -0.1) is 0 Å². The van der Waals surface area contributed by atoms with Crippen LogP contribution < -0.4 is 15.4 Å². The maximum Gasteiger partial charge on any atom is 0.407 e. The van der Waals surface area contributed by atoms with Gasteiger partial charge >= 0.3 is 13.7 Å². The van der Waals surface area contributed by atoms with Gasteiger partial charge in [0.1, 0.15) is 11.9 Å². The van der Waals surface area contributed by atoms with E-state index >= 15 is 0 Å². The molecular weight excluding hydrogens is 725 g/mol. The van der Waals surface area contributed by atoms with Gasteiger partial charge in [0.2, 0.25) is 10.0 Å². The Labute approximate surface area is 314 Å². The maximum atomic E-state index is 13.8. The lowest BCUT2D eigenvalue weighted by molar-refractivity contribution is -0.0907. The number of aliphatic hydroxyl groups excluding tert-OH is 1. The van der Waals surface area contributed by atoms with E-state index in [9.17, 15) is 22.9 Å². The largest absolute Gasteiger partial charge is 0.497 e. The van der Waals surface area contributed by atoms with E-state index in [-0.39, 0.29) is 49.1 Å². The van der Waals surface area contributed by atoms with Crippen LogP contribution in [0.1, 0.15) is 65.4 Å². The molecule has 0 saturated carbocycles. The zero-order valence-corrected chi connectivity index (χ0v) is 33.3. The molecule has 16 heteroatoms. The summed E-state index contributed by atoms with van der Waals surface area (Å²) in [7, 11) is -5.88. The van der Waals surface area contributed by atoms with Gasteiger partial charge in [-0.1, -0.05) is 52.7 Å². The van der Waals surface area contributed by atoms with Gasteiger partial charge in [-0.25, -0.2) is 13.2 Å². The van der Waals surface area contributed by atoms with Crippen LogP contribution in [-0.4, -0.2) is 102 Å². The van der Waals surface area contributed by atoms with Crippen LogP contribution in [0.5, 0.6) is 5.75 Å². The molecule has 3 N–H and O–H groups in total. The third kappa shape index (κ3) is 12.9. The molecule has 2 aliphatic rings. The molecule has 5 atom stereocenters. The average molecular weight is 784 g/mol. The Morgan fingerprint density at radius 3 is 2.26 bits per heavy atom. The average Bonchev–Trinajstić information content (AvgIpc) is 3.75. The van der Waals surface area contributed by atoms with Gasteiger partial charge in [-0.05, 0) is 67.1 Å². The van der Waals surface area contributed by atoms with E-state index in [2.05, 4.69) is 10.6 Å². The number of hydrogen-bond donors (Lipinski definition) is 3. The normalized spacial score (nSPS) is 20.0. The highest BCUT2D eigenvalue weighted by atomic mass is 32.2. The molecule has 298 valence electrons. The van der Waals surface area contributed by atoms with E-state index in [0.29, 0.717) is 37.7 Å². The van der Waals surface area contributed by atoms with Crippen molar-refractivity contribution in [3.05, 3.63) is 54.1 Å². The fourth-order valence-corrected chi connectivity index (χ4v) is 9.42. The standard InChI is InChI=1S/C37H58N3O11PS/c1-6-8-19-49-52(43,50-20-9-7-2)26-28-10-12-29(13-11-28)38-22-33(39-37(42)51-35-25-48-36-32(35)18-21-47-36)34(41)24-40(23-27(3)4)53(44,45)31-16-14-30(46-5)15-17-31/h10-17,27,32-36,38,41H,6-9,18-26H2,1-5H3,(H,39,42)/t32-,33-,34+,35-,36+/m0/s1. The van der Waals surface area contributed by atoms with Gasteiger partial charge in [0, 0.05) is 25.3 Å². The second-order valence-electron chi connectivity index (χ2n) is 13.9. The second kappa shape index (κ2) is 20.8. The van der Waals surface area contributed by atoms with Crippen LogP contribution in [-0.2, 0) is 44.0 Å². The lowest BCUT2D eigenvalue weighted by atomic mass is 10.0. The number of unbranched alkanes of at least 4 members (excludes halogenated alkanes) is 2. The summed E-state index contributed by atoms with van der Waals surface area (Å²) < 4.78 is 76.0. The highest BCUT2D eigenvalue weighted by molar-refractivity contribution is 7.89. The number of nitrogens with zero attached hydrogens (tertiary/aromatic N) is 1. The monoisotopic (exact) mass is 783 g/mol. The van der Waals surface area contributed by atoms with Crippen molar-refractivity contribution in [2.45, 2.75) is 95.4 Å². The maximum absolute atomic E-state index is 13.8. The highest BCUT2D eigenvalue weighted by Crippen LogP contribution is 2.51. The minimum atomic E-state index is -4.03. The summed E-state index contributed by atoms with van der Waals surface area (Å²) in [5, 5.41) is 17.6. The first-order chi connectivity index (χ1) is 25.4. The first kappa shape index (κ1) is 43.0. The topological polar surface area (TPSA) is 171 Å². The van der Waals surface area contributed by atoms with Gasteiger partial charge in [0.25, 0.3) is 0 Å². The van der Waals surface area contributed by atoms with Crippen LogP contribution >= 0.6 is 7.60 Å². The van der Waals surface area contributed by atoms with Crippen molar-refractivity contribution in [3.8, 4) is 5.75 Å². The van der Waals surface area contributed by atoms with Crippen LogP contribution in [0.3, 0.4) is 0 Å². The second-order valence-corrected chi connectivity index (χ2v) is 17.9. The van der Waals surface area contributed by atoms with Gasteiger partial charge in [-0.2, -0.15) is 4.31 Å². The van der Waals surface area contributed by atoms with Crippen molar-refractivity contribution in [2.75, 3.05) is 58.5 Å². The Hall–Kier alpha value is -2.75. The third-order valence-corrected chi connectivity index (χ3v) is 12.8. The lowest BCUT2D eigenvalue weighted by Crippen LogP contribution is -2.53. The molecule has 14 nitrogen and oxygen atoms in total. The minimum absolute atomic E-state index is 0.0306. The first-order valence-corrected chi connectivity index (χ1v) is 21.8. The Morgan fingerprint density at radius 2 is 1.66 bits per heavy atom. The van der Waals surface area contributed by atoms with Crippen LogP contribution in [0, 0.1) is 11.8 Å². The molecule has 0 unspecified atom stereocenters. The molecule has 0 aromatic heterocycles. The molecule has 0 radical (unpaired) electrons.